The molecular formula is C32H34FN11O3. The first kappa shape index (κ1) is 31.5. The number of amides is 2. The van der Waals surface area contributed by atoms with Crippen molar-refractivity contribution in [1.29, 1.82) is 5.26 Å². The van der Waals surface area contributed by atoms with Crippen LogP contribution in [0.25, 0.3) is 11.1 Å². The summed E-state index contributed by atoms with van der Waals surface area (Å²) >= 11 is 0. The molecule has 2 fully saturated rings. The fraction of sp³-hybridized carbons (Fsp3) is 0.375. The van der Waals surface area contributed by atoms with Gasteiger partial charge in [0, 0.05) is 54.5 Å². The monoisotopic (exact) mass is 639 g/mol. The van der Waals surface area contributed by atoms with Crippen LogP contribution in [-0.2, 0) is 6.54 Å². The van der Waals surface area contributed by atoms with Crippen molar-refractivity contribution in [2.45, 2.75) is 50.0 Å². The number of carbonyl (C=O) groups excluding carboxylic acids is 1. The smallest absolute Gasteiger partial charge is 0.324 e. The second-order valence-electron chi connectivity index (χ2n) is 11.6. The number of urea groups is 1. The van der Waals surface area contributed by atoms with E-state index in [1.807, 2.05) is 30.3 Å². The number of carbonyl (C=O) groups is 1. The number of ether oxygens (including phenoxy) is 1. The molecule has 47 heavy (non-hydrogen) atoms. The van der Waals surface area contributed by atoms with Gasteiger partial charge in [0.05, 0.1) is 33.0 Å². The van der Waals surface area contributed by atoms with E-state index >= 15 is 0 Å². The third kappa shape index (κ3) is 7.17. The van der Waals surface area contributed by atoms with E-state index in [1.165, 1.54) is 13.3 Å². The number of nitrogens with zero attached hydrogens (tertiary/aromatic N) is 9. The van der Waals surface area contributed by atoms with E-state index in [2.05, 4.69) is 46.6 Å². The predicted molar refractivity (Wildman–Crippen MR) is 170 cm³/mol. The highest BCUT2D eigenvalue weighted by Gasteiger charge is 2.44. The summed E-state index contributed by atoms with van der Waals surface area (Å²) in [7, 11) is 1.50. The molecule has 6 rings (SSSR count). The SMILES string of the molecule is COc1ncc(-c2cnc(N(C(=O)NCc3ccccc3)[C@H]3CC[C@H](Nc4ncc(C#N)c(N5CC(F)(CO)C5)n4)CC3)nc2)cn1. The summed E-state index contributed by atoms with van der Waals surface area (Å²) in [6, 6.07) is 11.5. The van der Waals surface area contributed by atoms with Crippen LogP contribution in [0.1, 0.15) is 36.8 Å². The molecule has 1 aliphatic heterocycles. The highest BCUT2D eigenvalue weighted by atomic mass is 19.1. The molecule has 1 saturated heterocycles. The fourth-order valence-electron chi connectivity index (χ4n) is 5.75. The van der Waals surface area contributed by atoms with Gasteiger partial charge in [-0.25, -0.2) is 34.1 Å². The number of hydrogen-bond donors (Lipinski definition) is 3. The van der Waals surface area contributed by atoms with E-state index in [9.17, 15) is 19.6 Å². The molecule has 14 nitrogen and oxygen atoms in total. The Morgan fingerprint density at radius 1 is 1.04 bits per heavy atom. The van der Waals surface area contributed by atoms with E-state index in [-0.39, 0.29) is 48.7 Å². The molecule has 4 aromatic rings. The number of aromatic nitrogens is 6. The number of benzene rings is 1. The number of hydrogen-bond acceptors (Lipinski definition) is 12. The lowest BCUT2D eigenvalue weighted by Crippen LogP contribution is -2.61. The lowest BCUT2D eigenvalue weighted by atomic mass is 9.90. The van der Waals surface area contributed by atoms with Crippen molar-refractivity contribution in [3.05, 3.63) is 72.4 Å². The number of alkyl halides is 1. The van der Waals surface area contributed by atoms with Crippen molar-refractivity contribution in [3.8, 4) is 23.2 Å². The summed E-state index contributed by atoms with van der Waals surface area (Å²) in [4.78, 5) is 43.1. The summed E-state index contributed by atoms with van der Waals surface area (Å²) < 4.78 is 19.4. The molecule has 0 spiro atoms. The zero-order chi connectivity index (χ0) is 32.8. The van der Waals surface area contributed by atoms with E-state index < -0.39 is 12.3 Å². The van der Waals surface area contributed by atoms with Gasteiger partial charge in [0.1, 0.15) is 11.6 Å². The average Bonchev–Trinajstić information content (AvgIpc) is 3.11. The number of halogens is 1. The van der Waals surface area contributed by atoms with Crippen molar-refractivity contribution in [2.24, 2.45) is 0 Å². The Kier molecular flexibility index (Phi) is 9.30. The van der Waals surface area contributed by atoms with Crippen molar-refractivity contribution in [3.63, 3.8) is 0 Å². The largest absolute Gasteiger partial charge is 0.467 e. The van der Waals surface area contributed by atoms with Crippen LogP contribution in [0.15, 0.2) is 61.3 Å². The third-order valence-electron chi connectivity index (χ3n) is 8.32. The summed E-state index contributed by atoms with van der Waals surface area (Å²) in [6.45, 7) is -0.317. The van der Waals surface area contributed by atoms with Gasteiger partial charge in [0.25, 0.3) is 0 Å². The standard InChI is InChI=1S/C32H34FN11O3/c1-47-30-38-16-24(17-39-30)23-14-36-29(37-15-23)44(31(46)40-12-21-5-3-2-4-6-21)26-9-7-25(8-10-26)41-28-35-13-22(11-34)27(42-28)43-18-32(33,19-43)20-45/h2-6,13-17,25-26,45H,7-10,12,18-20H2,1H3,(H,40,46)(H,35,41,42)/t25-,26-. The average molecular weight is 640 g/mol. The van der Waals surface area contributed by atoms with Crippen LogP contribution in [0.3, 0.4) is 0 Å². The van der Waals surface area contributed by atoms with Crippen LogP contribution in [0.2, 0.25) is 0 Å². The Bertz CT molecular complexity index is 1710. The third-order valence-corrected chi connectivity index (χ3v) is 8.32. The summed E-state index contributed by atoms with van der Waals surface area (Å²) in [6.07, 6.45) is 10.7. The van der Waals surface area contributed by atoms with Gasteiger partial charge >= 0.3 is 12.0 Å². The van der Waals surface area contributed by atoms with Gasteiger partial charge in [0.2, 0.25) is 11.9 Å². The number of rotatable bonds is 10. The maximum atomic E-state index is 14.3. The molecule has 3 aromatic heterocycles. The topological polar surface area (TPSA) is 178 Å². The maximum Gasteiger partial charge on any atom is 0.324 e. The summed E-state index contributed by atoms with van der Waals surface area (Å²) in [5.41, 5.74) is 0.920. The van der Waals surface area contributed by atoms with Gasteiger partial charge in [-0.15, -0.1) is 0 Å². The molecule has 2 amide bonds. The Balaban J connectivity index is 1.15. The molecule has 0 unspecified atom stereocenters. The Hall–Kier alpha value is -5.49. The van der Waals surface area contributed by atoms with Crippen molar-refractivity contribution >= 4 is 23.7 Å². The molecule has 1 saturated carbocycles. The highest BCUT2D eigenvalue weighted by Crippen LogP contribution is 2.33. The molecule has 0 bridgehead atoms. The van der Waals surface area contributed by atoms with Crippen LogP contribution in [0.5, 0.6) is 6.01 Å². The van der Waals surface area contributed by atoms with Crippen LogP contribution >= 0.6 is 0 Å². The quantitative estimate of drug-likeness (QED) is 0.231. The molecule has 1 aromatic carbocycles. The van der Waals surface area contributed by atoms with E-state index in [0.29, 0.717) is 55.1 Å². The summed E-state index contributed by atoms with van der Waals surface area (Å²) in [5, 5.41) is 25.2. The molecular weight excluding hydrogens is 605 g/mol. The first-order valence-electron chi connectivity index (χ1n) is 15.3. The first-order valence-corrected chi connectivity index (χ1v) is 15.3. The zero-order valence-electron chi connectivity index (χ0n) is 25.8. The van der Waals surface area contributed by atoms with Crippen LogP contribution in [-0.4, -0.2) is 85.6 Å². The van der Waals surface area contributed by atoms with Crippen LogP contribution in [0, 0.1) is 11.3 Å². The van der Waals surface area contributed by atoms with Crippen molar-refractivity contribution in [2.75, 3.05) is 41.9 Å². The number of nitriles is 1. The minimum Gasteiger partial charge on any atom is -0.467 e. The molecule has 0 atom stereocenters. The number of nitrogens with one attached hydrogen (secondary N) is 2. The summed E-state index contributed by atoms with van der Waals surface area (Å²) in [5.74, 6) is 0.955. The maximum absolute atomic E-state index is 14.3. The van der Waals surface area contributed by atoms with E-state index in [4.69, 9.17) is 4.74 Å². The van der Waals surface area contributed by atoms with Gasteiger partial charge in [-0.1, -0.05) is 30.3 Å². The first-order chi connectivity index (χ1) is 22.9. The molecule has 1 aliphatic carbocycles. The Morgan fingerprint density at radius 2 is 1.70 bits per heavy atom. The number of aliphatic hydroxyl groups excluding tert-OH is 1. The molecule has 3 N–H and O–H groups in total. The molecule has 4 heterocycles. The van der Waals surface area contributed by atoms with Gasteiger partial charge in [-0.2, -0.15) is 10.2 Å². The fourth-order valence-corrected chi connectivity index (χ4v) is 5.75. The lowest BCUT2D eigenvalue weighted by Gasteiger charge is -2.44. The van der Waals surface area contributed by atoms with E-state index in [1.54, 1.807) is 34.6 Å². The van der Waals surface area contributed by atoms with Gasteiger partial charge in [-0.05, 0) is 31.2 Å². The second kappa shape index (κ2) is 13.9. The molecule has 2 aliphatic rings. The second-order valence-corrected chi connectivity index (χ2v) is 11.6. The minimum atomic E-state index is -1.70. The van der Waals surface area contributed by atoms with Crippen LogP contribution in [0.4, 0.5) is 26.9 Å². The Morgan fingerprint density at radius 3 is 2.32 bits per heavy atom. The molecule has 0 radical (unpaired) electrons. The normalized spacial score (nSPS) is 18.4. The number of methoxy groups -OCH3 is 1. The Labute approximate surface area is 270 Å². The van der Waals surface area contributed by atoms with Gasteiger partial charge < -0.3 is 25.4 Å². The van der Waals surface area contributed by atoms with Gasteiger partial charge in [-0.3, -0.25) is 4.90 Å². The predicted octanol–water partition coefficient (Wildman–Crippen LogP) is 3.26. The minimum absolute atomic E-state index is 0.00808. The molecule has 15 heteroatoms. The van der Waals surface area contributed by atoms with Crippen molar-refractivity contribution < 1.29 is 19.0 Å². The zero-order valence-corrected chi connectivity index (χ0v) is 25.8. The van der Waals surface area contributed by atoms with Crippen molar-refractivity contribution in [1.82, 2.24) is 35.2 Å². The van der Waals surface area contributed by atoms with Gasteiger partial charge in [0.15, 0.2) is 11.5 Å². The lowest BCUT2D eigenvalue weighted by molar-refractivity contribution is 0.0440. The molecule has 242 valence electrons. The van der Waals surface area contributed by atoms with E-state index in [0.717, 1.165) is 5.56 Å². The highest BCUT2D eigenvalue weighted by molar-refractivity contribution is 5.90. The number of anilines is 3. The van der Waals surface area contributed by atoms with Crippen LogP contribution < -0.4 is 25.2 Å². The number of aliphatic hydroxyl groups is 1.